The first kappa shape index (κ1) is 7.28. The molecule has 0 aliphatic carbocycles. The van der Waals surface area contributed by atoms with E-state index in [1.54, 1.807) is 0 Å². The molecular formula is C7H6ISi. The van der Waals surface area contributed by atoms with Crippen LogP contribution in [0, 0.1) is 0 Å². The van der Waals surface area contributed by atoms with Crippen LogP contribution in [-0.2, 0) is 4.43 Å². The van der Waals surface area contributed by atoms with Crippen LogP contribution in [0.25, 0.3) is 0 Å². The van der Waals surface area contributed by atoms with E-state index in [0.717, 1.165) is 4.43 Å². The maximum absolute atomic E-state index is 3.50. The van der Waals surface area contributed by atoms with Gasteiger partial charge in [-0.2, -0.15) is 0 Å². The lowest BCUT2D eigenvalue weighted by molar-refractivity contribution is 1.50. The van der Waals surface area contributed by atoms with Gasteiger partial charge in [-0.05, 0) is 5.56 Å². The van der Waals surface area contributed by atoms with Crippen molar-refractivity contribution in [2.45, 2.75) is 4.43 Å². The van der Waals surface area contributed by atoms with Crippen molar-refractivity contribution < 1.29 is 0 Å². The second kappa shape index (κ2) is 3.36. The van der Waals surface area contributed by atoms with Gasteiger partial charge in [0.05, 0.1) is 10.2 Å². The average molecular weight is 245 g/mol. The molecule has 0 amide bonds. The molecule has 0 saturated carbocycles. The molecule has 0 heterocycles. The van der Waals surface area contributed by atoms with Crippen LogP contribution in [0.5, 0.6) is 0 Å². The number of halogens is 1. The largest absolute Gasteiger partial charge is 0.0812 e. The molecule has 0 aromatic heterocycles. The molecule has 3 radical (unpaired) electrons. The molecule has 0 saturated heterocycles. The minimum absolute atomic E-state index is 1.07. The summed E-state index contributed by atoms with van der Waals surface area (Å²) >= 11 is 2.35. The van der Waals surface area contributed by atoms with E-state index in [2.05, 4.69) is 51.0 Å². The Morgan fingerprint density at radius 2 is 2.00 bits per heavy atom. The maximum atomic E-state index is 3.50. The zero-order chi connectivity index (χ0) is 6.69. The number of hydrogen-bond acceptors (Lipinski definition) is 0. The van der Waals surface area contributed by atoms with Crippen LogP contribution < -0.4 is 5.19 Å². The van der Waals surface area contributed by atoms with Gasteiger partial charge in [-0.1, -0.05) is 52.0 Å². The van der Waals surface area contributed by atoms with Crippen LogP contribution in [-0.4, -0.2) is 10.2 Å². The van der Waals surface area contributed by atoms with Crippen LogP contribution >= 0.6 is 22.6 Å². The molecule has 45 valence electrons. The minimum atomic E-state index is 1.07. The van der Waals surface area contributed by atoms with Crippen molar-refractivity contribution in [3.8, 4) is 0 Å². The third kappa shape index (κ3) is 1.79. The quantitative estimate of drug-likeness (QED) is 0.399. The number of hydrogen-bond donors (Lipinski definition) is 0. The third-order valence-corrected chi connectivity index (χ3v) is 2.47. The molecule has 0 aliphatic heterocycles. The van der Waals surface area contributed by atoms with Gasteiger partial charge < -0.3 is 0 Å². The minimum Gasteiger partial charge on any atom is -0.0812 e. The van der Waals surface area contributed by atoms with Crippen LogP contribution in [0.1, 0.15) is 5.56 Å². The fourth-order valence-electron chi connectivity index (χ4n) is 0.637. The maximum Gasteiger partial charge on any atom is 0.0716 e. The Balaban J connectivity index is 3.01. The van der Waals surface area contributed by atoms with Crippen molar-refractivity contribution in [3.05, 3.63) is 29.8 Å². The summed E-state index contributed by atoms with van der Waals surface area (Å²) < 4.78 is 1.07. The molecule has 0 unspecified atom stereocenters. The highest BCUT2D eigenvalue weighted by atomic mass is 127. The number of rotatable bonds is 1. The van der Waals surface area contributed by atoms with Gasteiger partial charge in [0.15, 0.2) is 0 Å². The summed E-state index contributed by atoms with van der Waals surface area (Å²) in [6, 6.07) is 8.26. The van der Waals surface area contributed by atoms with Crippen molar-refractivity contribution in [2.24, 2.45) is 0 Å². The Hall–Kier alpha value is 0.167. The summed E-state index contributed by atoms with van der Waals surface area (Å²) in [6.07, 6.45) is 0. The Kier molecular flexibility index (Phi) is 2.72. The van der Waals surface area contributed by atoms with Crippen molar-refractivity contribution in [3.63, 3.8) is 0 Å². The van der Waals surface area contributed by atoms with Crippen LogP contribution in [0.3, 0.4) is 0 Å². The van der Waals surface area contributed by atoms with Gasteiger partial charge in [0, 0.05) is 4.43 Å². The summed E-state index contributed by atoms with van der Waals surface area (Å²) in [5.74, 6) is 0. The predicted molar refractivity (Wildman–Crippen MR) is 49.6 cm³/mol. The lowest BCUT2D eigenvalue weighted by Gasteiger charge is -1.97. The van der Waals surface area contributed by atoms with E-state index in [1.165, 1.54) is 10.8 Å². The lowest BCUT2D eigenvalue weighted by Crippen LogP contribution is -2.06. The smallest absolute Gasteiger partial charge is 0.0716 e. The van der Waals surface area contributed by atoms with E-state index in [4.69, 9.17) is 0 Å². The lowest BCUT2D eigenvalue weighted by atomic mass is 10.2. The third-order valence-electron chi connectivity index (χ3n) is 1.16. The highest BCUT2D eigenvalue weighted by molar-refractivity contribution is 14.1. The van der Waals surface area contributed by atoms with Crippen molar-refractivity contribution >= 4 is 38.0 Å². The van der Waals surface area contributed by atoms with E-state index < -0.39 is 0 Å². The summed E-state index contributed by atoms with van der Waals surface area (Å²) in [5.41, 5.74) is 1.36. The van der Waals surface area contributed by atoms with Gasteiger partial charge in [0.2, 0.25) is 0 Å². The Morgan fingerprint density at radius 1 is 1.33 bits per heavy atom. The summed E-state index contributed by atoms with van der Waals surface area (Å²) in [5, 5.41) is 1.20. The molecule has 0 spiro atoms. The van der Waals surface area contributed by atoms with Gasteiger partial charge in [0.1, 0.15) is 0 Å². The molecule has 0 N–H and O–H groups in total. The van der Waals surface area contributed by atoms with Gasteiger partial charge in [-0.25, -0.2) is 0 Å². The Labute approximate surface area is 72.2 Å². The molecule has 2 heteroatoms. The zero-order valence-corrected chi connectivity index (χ0v) is 8.05. The van der Waals surface area contributed by atoms with Crippen LogP contribution in [0.2, 0.25) is 0 Å². The normalized spacial score (nSPS) is 9.56. The molecule has 9 heavy (non-hydrogen) atoms. The molecule has 1 aromatic rings. The molecule has 0 nitrogen and oxygen atoms in total. The molecule has 1 aromatic carbocycles. The monoisotopic (exact) mass is 245 g/mol. The standard InChI is InChI=1S/C7H6ISi/c8-5-6-3-1-2-4-7(6)9/h1-4H,5H2. The highest BCUT2D eigenvalue weighted by Crippen LogP contribution is 2.00. The fraction of sp³-hybridized carbons (Fsp3) is 0.143. The second-order valence-electron chi connectivity index (χ2n) is 1.79. The SMILES string of the molecule is [Si]c1ccccc1CI. The van der Waals surface area contributed by atoms with Crippen LogP contribution in [0.15, 0.2) is 24.3 Å². The summed E-state index contributed by atoms with van der Waals surface area (Å²) in [6.45, 7) is 0. The van der Waals surface area contributed by atoms with Crippen molar-refractivity contribution in [1.82, 2.24) is 0 Å². The molecule has 0 fully saturated rings. The molecule has 0 bridgehead atoms. The first-order valence-electron chi connectivity index (χ1n) is 2.70. The second-order valence-corrected chi connectivity index (χ2v) is 3.09. The van der Waals surface area contributed by atoms with Crippen molar-refractivity contribution in [2.75, 3.05) is 0 Å². The van der Waals surface area contributed by atoms with E-state index in [0.29, 0.717) is 0 Å². The van der Waals surface area contributed by atoms with Crippen molar-refractivity contribution in [1.29, 1.82) is 0 Å². The topological polar surface area (TPSA) is 0 Å². The van der Waals surface area contributed by atoms with Gasteiger partial charge in [0.25, 0.3) is 0 Å². The van der Waals surface area contributed by atoms with E-state index in [1.807, 2.05) is 6.07 Å². The van der Waals surface area contributed by atoms with E-state index in [-0.39, 0.29) is 0 Å². The van der Waals surface area contributed by atoms with Gasteiger partial charge in [-0.15, -0.1) is 0 Å². The Morgan fingerprint density at radius 3 is 2.44 bits per heavy atom. The molecule has 1 rings (SSSR count). The molecule has 0 aliphatic rings. The van der Waals surface area contributed by atoms with Gasteiger partial charge in [-0.3, -0.25) is 0 Å². The van der Waals surface area contributed by atoms with E-state index in [9.17, 15) is 0 Å². The molecular weight excluding hydrogens is 239 g/mol. The zero-order valence-electron chi connectivity index (χ0n) is 4.89. The predicted octanol–water partition coefficient (Wildman–Crippen LogP) is 1.42. The first-order valence-corrected chi connectivity index (χ1v) is 4.72. The average Bonchev–Trinajstić information content (AvgIpc) is 1.89. The first-order chi connectivity index (χ1) is 4.34. The van der Waals surface area contributed by atoms with Crippen LogP contribution in [0.4, 0.5) is 0 Å². The van der Waals surface area contributed by atoms with E-state index >= 15 is 0 Å². The van der Waals surface area contributed by atoms with Gasteiger partial charge >= 0.3 is 0 Å². The summed E-state index contributed by atoms with van der Waals surface area (Å²) in [4.78, 5) is 0. The number of benzene rings is 1. The summed E-state index contributed by atoms with van der Waals surface area (Å²) in [7, 11) is 3.50. The Bertz CT molecular complexity index is 198. The number of alkyl halides is 1. The highest BCUT2D eigenvalue weighted by Gasteiger charge is 1.90. The molecule has 0 atom stereocenters. The fourth-order valence-corrected chi connectivity index (χ4v) is 1.93.